The van der Waals surface area contributed by atoms with Crippen LogP contribution in [0.15, 0.2) is 77.2 Å². The smallest absolute Gasteiger partial charge is 0.345 e. The minimum atomic E-state index is -1.00. The van der Waals surface area contributed by atoms with Gasteiger partial charge in [0.1, 0.15) is 11.3 Å². The SMILES string of the molecule is CC(C)(C)c1ccc(O[C@@H](Cc2ccc3oc(CCc4ccccc4)nc3c2)C(=O)O)cc1. The summed E-state index contributed by atoms with van der Waals surface area (Å²) >= 11 is 0. The lowest BCUT2D eigenvalue weighted by molar-refractivity contribution is -0.145. The highest BCUT2D eigenvalue weighted by atomic mass is 16.5. The highest BCUT2D eigenvalue weighted by Crippen LogP contribution is 2.25. The zero-order valence-electron chi connectivity index (χ0n) is 19.2. The molecule has 0 bridgehead atoms. The quantitative estimate of drug-likeness (QED) is 0.362. The monoisotopic (exact) mass is 443 g/mol. The molecule has 0 radical (unpaired) electrons. The largest absolute Gasteiger partial charge is 0.478 e. The molecule has 0 saturated carbocycles. The summed E-state index contributed by atoms with van der Waals surface area (Å²) in [6.07, 6.45) is 0.800. The average Bonchev–Trinajstić information content (AvgIpc) is 3.20. The molecule has 0 spiro atoms. The second-order valence-electron chi connectivity index (χ2n) is 9.32. The highest BCUT2D eigenvalue weighted by molar-refractivity contribution is 5.75. The molecule has 33 heavy (non-hydrogen) atoms. The maximum atomic E-state index is 11.9. The van der Waals surface area contributed by atoms with Gasteiger partial charge in [0, 0.05) is 12.8 Å². The van der Waals surface area contributed by atoms with Crippen LogP contribution in [-0.4, -0.2) is 22.2 Å². The third-order valence-electron chi connectivity index (χ3n) is 5.66. The van der Waals surface area contributed by atoms with E-state index in [1.807, 2.05) is 60.7 Å². The molecule has 0 aliphatic heterocycles. The zero-order chi connectivity index (χ0) is 23.4. The number of aliphatic carboxylic acids is 1. The second kappa shape index (κ2) is 9.49. The van der Waals surface area contributed by atoms with Crippen molar-refractivity contribution in [1.29, 1.82) is 0 Å². The molecule has 3 aromatic carbocycles. The van der Waals surface area contributed by atoms with Gasteiger partial charge < -0.3 is 14.3 Å². The maximum Gasteiger partial charge on any atom is 0.345 e. The summed E-state index contributed by atoms with van der Waals surface area (Å²) in [5.74, 6) is 0.218. The predicted octanol–water partition coefficient (Wildman–Crippen LogP) is 5.99. The van der Waals surface area contributed by atoms with Gasteiger partial charge in [-0.2, -0.15) is 0 Å². The van der Waals surface area contributed by atoms with E-state index in [4.69, 9.17) is 9.15 Å². The molecule has 0 unspecified atom stereocenters. The van der Waals surface area contributed by atoms with Crippen LogP contribution in [0.5, 0.6) is 5.75 Å². The standard InChI is InChI=1S/C28H29NO4/c1-28(2,3)21-11-13-22(14-12-21)32-25(27(30)31)18-20-9-15-24-23(17-20)29-26(33-24)16-10-19-7-5-4-6-8-19/h4-9,11-15,17,25H,10,16,18H2,1-3H3,(H,30,31)/t25-/m0/s1. The maximum absolute atomic E-state index is 11.9. The van der Waals surface area contributed by atoms with E-state index in [-0.39, 0.29) is 11.8 Å². The summed E-state index contributed by atoms with van der Waals surface area (Å²) in [5, 5.41) is 9.72. The molecule has 170 valence electrons. The lowest BCUT2D eigenvalue weighted by atomic mass is 9.87. The van der Waals surface area contributed by atoms with Crippen molar-refractivity contribution in [2.45, 2.75) is 51.6 Å². The van der Waals surface area contributed by atoms with Crippen LogP contribution in [0.4, 0.5) is 0 Å². The summed E-state index contributed by atoms with van der Waals surface area (Å²) < 4.78 is 11.7. The van der Waals surface area contributed by atoms with Crippen LogP contribution in [0, 0.1) is 0 Å². The van der Waals surface area contributed by atoms with E-state index in [0.29, 0.717) is 23.6 Å². The minimum absolute atomic E-state index is 0.0255. The van der Waals surface area contributed by atoms with Gasteiger partial charge in [0.05, 0.1) is 0 Å². The lowest BCUT2D eigenvalue weighted by Crippen LogP contribution is -2.29. The number of rotatable bonds is 8. The van der Waals surface area contributed by atoms with Crippen molar-refractivity contribution in [3.05, 3.63) is 95.4 Å². The first-order chi connectivity index (χ1) is 15.8. The van der Waals surface area contributed by atoms with E-state index < -0.39 is 12.1 Å². The van der Waals surface area contributed by atoms with E-state index in [1.165, 1.54) is 11.1 Å². The number of aryl methyl sites for hydroxylation is 2. The molecule has 1 N–H and O–H groups in total. The van der Waals surface area contributed by atoms with Crippen LogP contribution in [0.25, 0.3) is 11.1 Å². The molecule has 0 aliphatic carbocycles. The Balaban J connectivity index is 1.44. The van der Waals surface area contributed by atoms with Gasteiger partial charge >= 0.3 is 5.97 Å². The number of fused-ring (bicyclic) bond motifs is 1. The fourth-order valence-corrected chi connectivity index (χ4v) is 3.74. The third kappa shape index (κ3) is 5.80. The molecule has 4 rings (SSSR count). The van der Waals surface area contributed by atoms with Gasteiger partial charge in [0.2, 0.25) is 0 Å². The molecule has 0 saturated heterocycles. The molecule has 1 heterocycles. The van der Waals surface area contributed by atoms with Crippen molar-refractivity contribution in [1.82, 2.24) is 4.98 Å². The van der Waals surface area contributed by atoms with Crippen molar-refractivity contribution >= 4 is 17.1 Å². The Morgan fingerprint density at radius 1 is 0.970 bits per heavy atom. The van der Waals surface area contributed by atoms with Gasteiger partial charge in [0.25, 0.3) is 0 Å². The first-order valence-electron chi connectivity index (χ1n) is 11.2. The Hall–Kier alpha value is -3.60. The molecule has 0 amide bonds. The molecule has 0 aliphatic rings. The van der Waals surface area contributed by atoms with Gasteiger partial charge in [-0.05, 0) is 52.8 Å². The lowest BCUT2D eigenvalue weighted by Gasteiger charge is -2.20. The second-order valence-corrected chi connectivity index (χ2v) is 9.32. The molecule has 5 heteroatoms. The highest BCUT2D eigenvalue weighted by Gasteiger charge is 2.21. The Labute approximate surface area is 194 Å². The topological polar surface area (TPSA) is 72.6 Å². The van der Waals surface area contributed by atoms with Crippen molar-refractivity contribution < 1.29 is 19.1 Å². The minimum Gasteiger partial charge on any atom is -0.478 e. The number of carboxylic acid groups (broad SMARTS) is 1. The first kappa shape index (κ1) is 22.6. The van der Waals surface area contributed by atoms with Crippen LogP contribution >= 0.6 is 0 Å². The van der Waals surface area contributed by atoms with E-state index in [2.05, 4.69) is 37.9 Å². The normalized spacial score (nSPS) is 12.6. The number of hydrogen-bond acceptors (Lipinski definition) is 4. The Kier molecular flexibility index (Phi) is 6.50. The van der Waals surface area contributed by atoms with E-state index in [1.54, 1.807) is 0 Å². The predicted molar refractivity (Wildman–Crippen MR) is 129 cm³/mol. The number of hydrogen-bond donors (Lipinski definition) is 1. The fraction of sp³-hybridized carbons (Fsp3) is 0.286. The van der Waals surface area contributed by atoms with Crippen molar-refractivity contribution in [3.63, 3.8) is 0 Å². The molecular weight excluding hydrogens is 414 g/mol. The van der Waals surface area contributed by atoms with E-state index >= 15 is 0 Å². The van der Waals surface area contributed by atoms with E-state index in [0.717, 1.165) is 17.5 Å². The number of oxazole rings is 1. The van der Waals surface area contributed by atoms with Crippen LogP contribution in [0.1, 0.15) is 43.4 Å². The number of ether oxygens (including phenoxy) is 1. The number of aromatic nitrogens is 1. The number of carbonyl (C=O) groups is 1. The summed E-state index contributed by atoms with van der Waals surface area (Å²) in [4.78, 5) is 16.5. The molecule has 5 nitrogen and oxygen atoms in total. The van der Waals surface area contributed by atoms with Crippen LogP contribution in [-0.2, 0) is 29.5 Å². The summed E-state index contributed by atoms with van der Waals surface area (Å²) in [5.41, 5.74) is 4.70. The Morgan fingerprint density at radius 2 is 1.70 bits per heavy atom. The number of carboxylic acids is 1. The molecule has 1 aromatic heterocycles. The van der Waals surface area contributed by atoms with Crippen LogP contribution in [0.3, 0.4) is 0 Å². The zero-order valence-corrected chi connectivity index (χ0v) is 19.2. The van der Waals surface area contributed by atoms with Crippen LogP contribution < -0.4 is 4.74 Å². The molecule has 0 fully saturated rings. The molecular formula is C28H29NO4. The summed E-state index contributed by atoms with van der Waals surface area (Å²) in [6.45, 7) is 6.40. The first-order valence-corrected chi connectivity index (χ1v) is 11.2. The number of nitrogens with zero attached hydrogens (tertiary/aromatic N) is 1. The van der Waals surface area contributed by atoms with Gasteiger partial charge in [0.15, 0.2) is 17.6 Å². The summed E-state index contributed by atoms with van der Waals surface area (Å²) in [6, 6.07) is 23.4. The average molecular weight is 444 g/mol. The molecule has 1 atom stereocenters. The third-order valence-corrected chi connectivity index (χ3v) is 5.66. The van der Waals surface area contributed by atoms with Crippen molar-refractivity contribution in [2.75, 3.05) is 0 Å². The van der Waals surface area contributed by atoms with Gasteiger partial charge in [-0.3, -0.25) is 0 Å². The van der Waals surface area contributed by atoms with Gasteiger partial charge in [-0.15, -0.1) is 0 Å². The fourth-order valence-electron chi connectivity index (χ4n) is 3.74. The van der Waals surface area contributed by atoms with Crippen molar-refractivity contribution in [3.8, 4) is 5.75 Å². The Morgan fingerprint density at radius 3 is 2.36 bits per heavy atom. The molecule has 4 aromatic rings. The van der Waals surface area contributed by atoms with Gasteiger partial charge in [-0.25, -0.2) is 9.78 Å². The Bertz CT molecular complexity index is 1220. The van der Waals surface area contributed by atoms with Crippen LogP contribution in [0.2, 0.25) is 0 Å². The van der Waals surface area contributed by atoms with Crippen molar-refractivity contribution in [2.24, 2.45) is 0 Å². The number of benzene rings is 3. The van der Waals surface area contributed by atoms with Gasteiger partial charge in [-0.1, -0.05) is 69.3 Å². The summed E-state index contributed by atoms with van der Waals surface area (Å²) in [7, 11) is 0. The van der Waals surface area contributed by atoms with E-state index in [9.17, 15) is 9.90 Å².